The van der Waals surface area contributed by atoms with Crippen LogP contribution >= 0.6 is 34.2 Å². The van der Waals surface area contributed by atoms with Gasteiger partial charge < -0.3 is 10.6 Å². The molecular weight excluding hydrogens is 425 g/mol. The Morgan fingerprint density at radius 1 is 1.22 bits per heavy atom. The highest BCUT2D eigenvalue weighted by molar-refractivity contribution is 14.1. The summed E-state index contributed by atoms with van der Waals surface area (Å²) in [5, 5.41) is 0.574. The van der Waals surface area contributed by atoms with Crippen LogP contribution in [0, 0.1) is 3.57 Å². The summed E-state index contributed by atoms with van der Waals surface area (Å²) in [6, 6.07) is 13.3. The topological polar surface area (TPSA) is 58.7 Å². The monoisotopic (exact) mass is 437 g/mol. The molecule has 0 radical (unpaired) electrons. The van der Waals surface area contributed by atoms with Gasteiger partial charge in [0.15, 0.2) is 0 Å². The first-order valence-electron chi connectivity index (χ1n) is 6.86. The smallest absolute Gasteiger partial charge is 0.278 e. The number of carbonyl (C=O) groups is 1. The van der Waals surface area contributed by atoms with Gasteiger partial charge in [-0.3, -0.25) is 4.79 Å². The van der Waals surface area contributed by atoms with E-state index >= 15 is 0 Å². The van der Waals surface area contributed by atoms with Crippen LogP contribution in [0.3, 0.4) is 0 Å². The molecule has 0 atom stereocenters. The Morgan fingerprint density at radius 3 is 2.65 bits per heavy atom. The van der Waals surface area contributed by atoms with Crippen LogP contribution in [-0.2, 0) is 4.79 Å². The fourth-order valence-corrected chi connectivity index (χ4v) is 3.18. The third-order valence-corrected chi connectivity index (χ3v) is 4.62. The number of likely N-dealkylation sites (N-methyl/N-ethyl adjacent to an activating group) is 1. The Kier molecular flexibility index (Phi) is 4.41. The Morgan fingerprint density at radius 2 is 1.96 bits per heavy atom. The summed E-state index contributed by atoms with van der Waals surface area (Å²) in [6.45, 7) is 0. The van der Waals surface area contributed by atoms with Gasteiger partial charge in [-0.25, -0.2) is 4.99 Å². The second-order valence-electron chi connectivity index (χ2n) is 5.02. The molecule has 116 valence electrons. The van der Waals surface area contributed by atoms with Crippen LogP contribution in [0.15, 0.2) is 59.4 Å². The first kappa shape index (κ1) is 16.0. The summed E-state index contributed by atoms with van der Waals surface area (Å²) in [7, 11) is 1.71. The van der Waals surface area contributed by atoms with E-state index in [1.54, 1.807) is 18.0 Å². The summed E-state index contributed by atoms with van der Waals surface area (Å²) in [6.07, 6.45) is 1.23. The summed E-state index contributed by atoms with van der Waals surface area (Å²) in [5.74, 6) is -0.253. The van der Waals surface area contributed by atoms with Crippen molar-refractivity contribution in [1.82, 2.24) is 0 Å². The van der Waals surface area contributed by atoms with Gasteiger partial charge in [-0.15, -0.1) is 0 Å². The standard InChI is InChI=1S/C17H13ClIN3O/c1-22-15-7-6-10(19)8-12(15)16(21-14(9-20)17(22)23)11-4-2-3-5-13(11)18/h2-9H,20H2,1H3. The number of nitrogens with zero attached hydrogens (tertiary/aromatic N) is 2. The van der Waals surface area contributed by atoms with E-state index in [-0.39, 0.29) is 11.6 Å². The molecule has 0 bridgehead atoms. The molecule has 3 rings (SSSR count). The van der Waals surface area contributed by atoms with Crippen molar-refractivity contribution in [1.29, 1.82) is 0 Å². The zero-order chi connectivity index (χ0) is 16.6. The van der Waals surface area contributed by atoms with Crippen LogP contribution < -0.4 is 10.6 Å². The maximum atomic E-state index is 12.5. The average Bonchev–Trinajstić information content (AvgIpc) is 2.65. The van der Waals surface area contributed by atoms with E-state index in [0.29, 0.717) is 10.7 Å². The number of benzodiazepines with no additional fused rings is 1. The predicted molar refractivity (Wildman–Crippen MR) is 102 cm³/mol. The fraction of sp³-hybridized carbons (Fsp3) is 0.0588. The molecule has 1 amide bonds. The molecule has 2 aromatic carbocycles. The Balaban J connectivity index is 2.36. The van der Waals surface area contributed by atoms with Crippen LogP contribution in [0.4, 0.5) is 5.69 Å². The van der Waals surface area contributed by atoms with Crippen molar-refractivity contribution in [3.8, 4) is 0 Å². The number of hydrogen-bond donors (Lipinski definition) is 1. The number of amides is 1. The summed E-state index contributed by atoms with van der Waals surface area (Å²) in [5.41, 5.74) is 8.82. The zero-order valence-electron chi connectivity index (χ0n) is 12.3. The first-order valence-corrected chi connectivity index (χ1v) is 8.32. The molecule has 0 saturated heterocycles. The number of benzene rings is 2. The van der Waals surface area contributed by atoms with Gasteiger partial charge >= 0.3 is 0 Å². The quantitative estimate of drug-likeness (QED) is 0.548. The molecule has 0 aliphatic carbocycles. The van der Waals surface area contributed by atoms with E-state index in [1.807, 2.05) is 36.4 Å². The van der Waals surface area contributed by atoms with E-state index in [0.717, 1.165) is 20.4 Å². The minimum Gasteiger partial charge on any atom is -0.403 e. The lowest BCUT2D eigenvalue weighted by Crippen LogP contribution is -2.27. The van der Waals surface area contributed by atoms with Gasteiger partial charge in [-0.05, 0) is 46.9 Å². The normalized spacial score (nSPS) is 16.1. The van der Waals surface area contributed by atoms with Gasteiger partial charge in [-0.2, -0.15) is 0 Å². The molecule has 6 heteroatoms. The highest BCUT2D eigenvalue weighted by atomic mass is 127. The van der Waals surface area contributed by atoms with Gasteiger partial charge in [0.25, 0.3) is 5.91 Å². The molecule has 0 aromatic heterocycles. The SMILES string of the molecule is CN1C(=O)C(=CN)N=C(c2ccccc2Cl)c2cc(I)ccc21. The number of hydrogen-bond acceptors (Lipinski definition) is 3. The van der Waals surface area contributed by atoms with Crippen molar-refractivity contribution < 1.29 is 4.79 Å². The number of nitrogens with two attached hydrogens (primary N) is 1. The number of halogens is 2. The van der Waals surface area contributed by atoms with Crippen LogP contribution in [0.2, 0.25) is 5.02 Å². The molecule has 1 aliphatic heterocycles. The van der Waals surface area contributed by atoms with E-state index in [2.05, 4.69) is 27.6 Å². The Labute approximate surface area is 152 Å². The largest absolute Gasteiger partial charge is 0.403 e. The maximum Gasteiger partial charge on any atom is 0.278 e. The van der Waals surface area contributed by atoms with Gasteiger partial charge in [0.05, 0.1) is 11.4 Å². The number of rotatable bonds is 1. The molecule has 23 heavy (non-hydrogen) atoms. The van der Waals surface area contributed by atoms with E-state index in [4.69, 9.17) is 17.3 Å². The van der Waals surface area contributed by atoms with Crippen molar-refractivity contribution >= 4 is 51.5 Å². The van der Waals surface area contributed by atoms with Crippen LogP contribution in [0.1, 0.15) is 11.1 Å². The van der Waals surface area contributed by atoms with Gasteiger partial charge in [0, 0.05) is 33.0 Å². The lowest BCUT2D eigenvalue weighted by molar-refractivity contribution is -0.114. The van der Waals surface area contributed by atoms with Crippen molar-refractivity contribution in [2.24, 2.45) is 10.7 Å². The van der Waals surface area contributed by atoms with Crippen molar-refractivity contribution in [3.05, 3.63) is 74.1 Å². The number of aliphatic imine (C=N–C) groups is 1. The Bertz CT molecular complexity index is 861. The molecule has 2 N–H and O–H groups in total. The molecule has 1 aliphatic rings. The first-order chi connectivity index (χ1) is 11.0. The third kappa shape index (κ3) is 2.86. The highest BCUT2D eigenvalue weighted by Gasteiger charge is 2.26. The zero-order valence-corrected chi connectivity index (χ0v) is 15.2. The summed E-state index contributed by atoms with van der Waals surface area (Å²) >= 11 is 8.58. The number of anilines is 1. The van der Waals surface area contributed by atoms with Crippen molar-refractivity contribution in [3.63, 3.8) is 0 Å². The van der Waals surface area contributed by atoms with Gasteiger partial charge in [-0.1, -0.05) is 29.8 Å². The number of fused-ring (bicyclic) bond motifs is 1. The predicted octanol–water partition coefficient (Wildman–Crippen LogP) is 3.56. The Hall–Kier alpha value is -1.86. The summed E-state index contributed by atoms with van der Waals surface area (Å²) in [4.78, 5) is 18.6. The highest BCUT2D eigenvalue weighted by Crippen LogP contribution is 2.31. The van der Waals surface area contributed by atoms with Crippen LogP contribution in [0.25, 0.3) is 0 Å². The molecule has 0 saturated carbocycles. The minimum atomic E-state index is -0.253. The van der Waals surface area contributed by atoms with E-state index < -0.39 is 0 Å². The minimum absolute atomic E-state index is 0.189. The average molecular weight is 438 g/mol. The molecule has 1 heterocycles. The van der Waals surface area contributed by atoms with Crippen LogP contribution in [0.5, 0.6) is 0 Å². The van der Waals surface area contributed by atoms with E-state index in [9.17, 15) is 4.79 Å². The lowest BCUT2D eigenvalue weighted by Gasteiger charge is -2.18. The van der Waals surface area contributed by atoms with Crippen molar-refractivity contribution in [2.75, 3.05) is 11.9 Å². The number of carbonyl (C=O) groups excluding carboxylic acids is 1. The van der Waals surface area contributed by atoms with Crippen molar-refractivity contribution in [2.45, 2.75) is 0 Å². The summed E-state index contributed by atoms with van der Waals surface area (Å²) < 4.78 is 1.04. The molecular formula is C17H13ClIN3O. The van der Waals surface area contributed by atoms with Crippen LogP contribution in [-0.4, -0.2) is 18.7 Å². The molecule has 0 spiro atoms. The van der Waals surface area contributed by atoms with Gasteiger partial charge in [0.1, 0.15) is 5.70 Å². The molecule has 4 nitrogen and oxygen atoms in total. The lowest BCUT2D eigenvalue weighted by atomic mass is 10.0. The second-order valence-corrected chi connectivity index (χ2v) is 6.67. The molecule has 0 fully saturated rings. The van der Waals surface area contributed by atoms with E-state index in [1.165, 1.54) is 6.20 Å². The second kappa shape index (κ2) is 6.33. The molecule has 0 unspecified atom stereocenters. The maximum absolute atomic E-state index is 12.5. The fourth-order valence-electron chi connectivity index (χ4n) is 2.47. The molecule has 2 aromatic rings. The third-order valence-electron chi connectivity index (χ3n) is 3.62. The van der Waals surface area contributed by atoms with Gasteiger partial charge in [0.2, 0.25) is 0 Å².